The van der Waals surface area contributed by atoms with Crippen molar-refractivity contribution in [1.29, 1.82) is 0 Å². The van der Waals surface area contributed by atoms with E-state index in [9.17, 15) is 0 Å². The number of nitrogens with zero attached hydrogens (tertiary/aromatic N) is 2. The van der Waals surface area contributed by atoms with Crippen LogP contribution in [0.4, 0.5) is 5.69 Å². The first kappa shape index (κ1) is 13.2. The van der Waals surface area contributed by atoms with Gasteiger partial charge in [-0.2, -0.15) is 11.8 Å². The van der Waals surface area contributed by atoms with Crippen molar-refractivity contribution in [3.8, 4) is 0 Å². The third-order valence-corrected chi connectivity index (χ3v) is 3.69. The van der Waals surface area contributed by atoms with E-state index in [0.717, 1.165) is 41.3 Å². The molecule has 0 unspecified atom stereocenters. The van der Waals surface area contributed by atoms with Crippen LogP contribution < -0.4 is 5.73 Å². The molecule has 1 aromatic carbocycles. The molecule has 0 saturated heterocycles. The van der Waals surface area contributed by atoms with E-state index in [-0.39, 0.29) is 0 Å². The first-order valence-electron chi connectivity index (χ1n) is 6.12. The third-order valence-electron chi connectivity index (χ3n) is 2.72. The highest BCUT2D eigenvalue weighted by molar-refractivity contribution is 7.99. The molecule has 4 nitrogen and oxygen atoms in total. The topological polar surface area (TPSA) is 57.9 Å². The minimum atomic E-state index is 0.776. The third kappa shape index (κ3) is 3.65. The molecule has 0 aliphatic carbocycles. The zero-order valence-electron chi connectivity index (χ0n) is 10.9. The van der Waals surface area contributed by atoms with Crippen LogP contribution in [0.3, 0.4) is 0 Å². The number of thioether (sulfide) groups is 1. The molecule has 0 radical (unpaired) electrons. The molecule has 0 spiro atoms. The van der Waals surface area contributed by atoms with Crippen molar-refractivity contribution in [2.45, 2.75) is 6.42 Å². The largest absolute Gasteiger partial charge is 0.399 e. The van der Waals surface area contributed by atoms with Gasteiger partial charge in [0.2, 0.25) is 0 Å². The van der Waals surface area contributed by atoms with Crippen molar-refractivity contribution in [3.63, 3.8) is 0 Å². The van der Waals surface area contributed by atoms with Crippen LogP contribution in [-0.4, -0.2) is 47.0 Å². The summed E-state index contributed by atoms with van der Waals surface area (Å²) in [5, 5.41) is 0. The molecule has 0 aliphatic heterocycles. The normalized spacial score (nSPS) is 11.5. The van der Waals surface area contributed by atoms with Gasteiger partial charge in [0.15, 0.2) is 0 Å². The number of nitrogens with one attached hydrogen (secondary N) is 1. The predicted molar refractivity (Wildman–Crippen MR) is 80.1 cm³/mol. The zero-order chi connectivity index (χ0) is 13.0. The highest BCUT2D eigenvalue weighted by Crippen LogP contribution is 2.15. The van der Waals surface area contributed by atoms with Crippen LogP contribution in [0, 0.1) is 0 Å². The molecular formula is C13H20N4S. The molecule has 0 fully saturated rings. The molecule has 0 atom stereocenters. The molecule has 5 heteroatoms. The Labute approximate surface area is 112 Å². The second-order valence-corrected chi connectivity index (χ2v) is 5.85. The van der Waals surface area contributed by atoms with Gasteiger partial charge in [0.1, 0.15) is 5.82 Å². The molecule has 1 aromatic heterocycles. The van der Waals surface area contributed by atoms with Crippen LogP contribution >= 0.6 is 11.8 Å². The van der Waals surface area contributed by atoms with Gasteiger partial charge in [-0.3, -0.25) is 0 Å². The fourth-order valence-electron chi connectivity index (χ4n) is 1.72. The Morgan fingerprint density at radius 2 is 2.17 bits per heavy atom. The highest BCUT2D eigenvalue weighted by Gasteiger charge is 2.03. The minimum absolute atomic E-state index is 0.776. The molecule has 1 heterocycles. The predicted octanol–water partition coefficient (Wildman–Crippen LogP) is 1.98. The van der Waals surface area contributed by atoms with Gasteiger partial charge in [-0.05, 0) is 32.3 Å². The summed E-state index contributed by atoms with van der Waals surface area (Å²) >= 11 is 1.96. The Balaban J connectivity index is 1.84. The first-order valence-corrected chi connectivity index (χ1v) is 7.27. The lowest BCUT2D eigenvalue weighted by Gasteiger charge is -2.07. The van der Waals surface area contributed by atoms with Crippen LogP contribution in [0.25, 0.3) is 11.0 Å². The van der Waals surface area contributed by atoms with Crippen molar-refractivity contribution in [1.82, 2.24) is 14.9 Å². The monoisotopic (exact) mass is 264 g/mol. The molecule has 0 aliphatic rings. The highest BCUT2D eigenvalue weighted by atomic mass is 32.2. The molecule has 0 saturated carbocycles. The van der Waals surface area contributed by atoms with E-state index in [2.05, 4.69) is 29.0 Å². The van der Waals surface area contributed by atoms with E-state index in [1.165, 1.54) is 5.75 Å². The summed E-state index contributed by atoms with van der Waals surface area (Å²) in [7, 11) is 4.20. The Hall–Kier alpha value is -1.20. The average Bonchev–Trinajstić information content (AvgIpc) is 2.70. The summed E-state index contributed by atoms with van der Waals surface area (Å²) in [6.07, 6.45) is 0.979. The summed E-state index contributed by atoms with van der Waals surface area (Å²) in [4.78, 5) is 10.1. The molecule has 0 bridgehead atoms. The van der Waals surface area contributed by atoms with Gasteiger partial charge in [0.05, 0.1) is 11.0 Å². The van der Waals surface area contributed by atoms with E-state index in [1.807, 2.05) is 30.0 Å². The second kappa shape index (κ2) is 6.11. The maximum absolute atomic E-state index is 5.74. The van der Waals surface area contributed by atoms with Crippen molar-refractivity contribution < 1.29 is 0 Å². The summed E-state index contributed by atoms with van der Waals surface area (Å²) in [5.41, 5.74) is 8.55. The summed E-state index contributed by atoms with van der Waals surface area (Å²) in [5.74, 6) is 3.32. The maximum atomic E-state index is 5.74. The number of aryl methyl sites for hydroxylation is 1. The number of H-pyrrole nitrogens is 1. The molecule has 3 N–H and O–H groups in total. The fourth-order valence-corrected chi connectivity index (χ4v) is 2.75. The Morgan fingerprint density at radius 3 is 2.94 bits per heavy atom. The van der Waals surface area contributed by atoms with Gasteiger partial charge in [-0.1, -0.05) is 0 Å². The van der Waals surface area contributed by atoms with Crippen LogP contribution in [-0.2, 0) is 6.42 Å². The molecule has 18 heavy (non-hydrogen) atoms. The molecular weight excluding hydrogens is 244 g/mol. The van der Waals surface area contributed by atoms with Gasteiger partial charge in [-0.15, -0.1) is 0 Å². The standard InChI is InChI=1S/C13H20N4S/c1-17(2)6-8-18-7-5-13-15-11-4-3-10(14)9-12(11)16-13/h3-4,9H,5-8,14H2,1-2H3,(H,15,16). The van der Waals surface area contributed by atoms with Crippen LogP contribution in [0.1, 0.15) is 5.82 Å². The molecule has 98 valence electrons. The van der Waals surface area contributed by atoms with Crippen LogP contribution in [0.15, 0.2) is 18.2 Å². The number of aromatic nitrogens is 2. The molecule has 2 rings (SSSR count). The Morgan fingerprint density at radius 1 is 1.33 bits per heavy atom. The SMILES string of the molecule is CN(C)CCSCCc1nc2ccc(N)cc2[nH]1. The van der Waals surface area contributed by atoms with E-state index in [1.54, 1.807) is 0 Å². The first-order chi connectivity index (χ1) is 8.65. The number of nitrogen functional groups attached to an aromatic ring is 1. The van der Waals surface area contributed by atoms with Gasteiger partial charge >= 0.3 is 0 Å². The number of nitrogens with two attached hydrogens (primary N) is 1. The van der Waals surface area contributed by atoms with Crippen molar-refractivity contribution in [3.05, 3.63) is 24.0 Å². The van der Waals surface area contributed by atoms with Gasteiger partial charge in [0.25, 0.3) is 0 Å². The summed E-state index contributed by atoms with van der Waals surface area (Å²) < 4.78 is 0. The summed E-state index contributed by atoms with van der Waals surface area (Å²) in [6.45, 7) is 1.13. The zero-order valence-corrected chi connectivity index (χ0v) is 11.8. The minimum Gasteiger partial charge on any atom is -0.399 e. The number of benzene rings is 1. The van der Waals surface area contributed by atoms with Gasteiger partial charge in [-0.25, -0.2) is 4.98 Å². The smallest absolute Gasteiger partial charge is 0.108 e. The van der Waals surface area contributed by atoms with E-state index in [0.29, 0.717) is 0 Å². The van der Waals surface area contributed by atoms with E-state index >= 15 is 0 Å². The van der Waals surface area contributed by atoms with Crippen LogP contribution in [0.5, 0.6) is 0 Å². The number of aromatic amines is 1. The maximum Gasteiger partial charge on any atom is 0.108 e. The second-order valence-electron chi connectivity index (χ2n) is 4.63. The number of imidazole rings is 1. The quantitative estimate of drug-likeness (QED) is 0.619. The summed E-state index contributed by atoms with van der Waals surface area (Å²) in [6, 6.07) is 5.79. The fraction of sp³-hybridized carbons (Fsp3) is 0.462. The number of fused-ring (bicyclic) bond motifs is 1. The van der Waals surface area contributed by atoms with Gasteiger partial charge < -0.3 is 15.6 Å². The Bertz CT molecular complexity index is 507. The lowest BCUT2D eigenvalue weighted by atomic mass is 10.3. The lowest BCUT2D eigenvalue weighted by molar-refractivity contribution is 0.437. The van der Waals surface area contributed by atoms with E-state index in [4.69, 9.17) is 5.73 Å². The number of rotatable bonds is 6. The number of anilines is 1. The average molecular weight is 264 g/mol. The van der Waals surface area contributed by atoms with Crippen LogP contribution in [0.2, 0.25) is 0 Å². The van der Waals surface area contributed by atoms with Crippen molar-refractivity contribution in [2.24, 2.45) is 0 Å². The van der Waals surface area contributed by atoms with Crippen molar-refractivity contribution in [2.75, 3.05) is 37.9 Å². The molecule has 0 amide bonds. The molecule has 2 aromatic rings. The Kier molecular flexibility index (Phi) is 4.49. The van der Waals surface area contributed by atoms with Gasteiger partial charge in [0, 0.05) is 30.2 Å². The number of hydrogen-bond donors (Lipinski definition) is 2. The lowest BCUT2D eigenvalue weighted by Crippen LogP contribution is -2.15. The number of hydrogen-bond acceptors (Lipinski definition) is 4. The van der Waals surface area contributed by atoms with E-state index < -0.39 is 0 Å². The van der Waals surface area contributed by atoms with Crippen molar-refractivity contribution >= 4 is 28.5 Å².